The Bertz CT molecular complexity index is 398. The molecule has 0 spiro atoms. The fourth-order valence-electron chi connectivity index (χ4n) is 1.93. The van der Waals surface area contributed by atoms with Gasteiger partial charge in [0.1, 0.15) is 5.69 Å². The quantitative estimate of drug-likeness (QED) is 0.865. The normalized spacial score (nSPS) is 16.4. The second-order valence-corrected chi connectivity index (χ2v) is 4.68. The molecule has 1 aliphatic rings. The number of aromatic nitrogens is 1. The van der Waals surface area contributed by atoms with Gasteiger partial charge in [0, 0.05) is 20.1 Å². The van der Waals surface area contributed by atoms with Gasteiger partial charge >= 0.3 is 0 Å². The Hall–Kier alpha value is -1.58. The molecule has 1 amide bonds. The number of hydrogen-bond acceptors (Lipinski definition) is 3. The first-order chi connectivity index (χ1) is 8.13. The molecule has 17 heavy (non-hydrogen) atoms. The van der Waals surface area contributed by atoms with Gasteiger partial charge < -0.3 is 10.2 Å². The smallest absolute Gasteiger partial charge is 0.272 e. The number of carbonyl (C=O) groups excluding carboxylic acids is 1. The highest BCUT2D eigenvalue weighted by atomic mass is 16.2. The summed E-state index contributed by atoms with van der Waals surface area (Å²) in [4.78, 5) is 18.1. The minimum atomic E-state index is 0.00653. The molecule has 0 saturated heterocycles. The molecule has 4 nitrogen and oxygen atoms in total. The summed E-state index contributed by atoms with van der Waals surface area (Å²) in [7, 11) is 3.69. The average Bonchev–Trinajstić information content (AvgIpc) is 3.20. The van der Waals surface area contributed by atoms with E-state index in [0.717, 1.165) is 5.69 Å². The van der Waals surface area contributed by atoms with Crippen LogP contribution >= 0.6 is 0 Å². The van der Waals surface area contributed by atoms with Gasteiger partial charge in [0.15, 0.2) is 0 Å². The van der Waals surface area contributed by atoms with Crippen molar-refractivity contribution in [1.29, 1.82) is 0 Å². The maximum absolute atomic E-state index is 12.2. The van der Waals surface area contributed by atoms with Gasteiger partial charge in [-0.2, -0.15) is 0 Å². The minimum absolute atomic E-state index is 0.00653. The fourth-order valence-corrected chi connectivity index (χ4v) is 1.93. The number of carbonyl (C=O) groups is 1. The molecule has 1 heterocycles. The van der Waals surface area contributed by atoms with Crippen molar-refractivity contribution < 1.29 is 4.79 Å². The second kappa shape index (κ2) is 4.73. The fraction of sp³-hybridized carbons (Fsp3) is 0.538. The van der Waals surface area contributed by atoms with Gasteiger partial charge in [0.2, 0.25) is 0 Å². The Kier molecular flexibility index (Phi) is 3.31. The van der Waals surface area contributed by atoms with E-state index in [4.69, 9.17) is 0 Å². The number of hydrogen-bond donors (Lipinski definition) is 1. The highest BCUT2D eigenvalue weighted by molar-refractivity contribution is 5.92. The first kappa shape index (κ1) is 11.9. The molecule has 0 radical (unpaired) electrons. The third-order valence-corrected chi connectivity index (χ3v) is 3.51. The van der Waals surface area contributed by atoms with Crippen LogP contribution in [0.3, 0.4) is 0 Å². The molecular formula is C13H19N3O. The highest BCUT2D eigenvalue weighted by Gasteiger charge is 2.32. The van der Waals surface area contributed by atoms with Gasteiger partial charge in [-0.15, -0.1) is 0 Å². The number of rotatable bonds is 4. The monoisotopic (exact) mass is 233 g/mol. The molecule has 1 fully saturated rings. The molecule has 1 N–H and O–H groups in total. The molecule has 1 aromatic heterocycles. The van der Waals surface area contributed by atoms with Crippen LogP contribution in [0.1, 0.15) is 30.3 Å². The zero-order valence-electron chi connectivity index (χ0n) is 10.6. The molecule has 1 atom stereocenters. The number of nitrogens with zero attached hydrogens (tertiary/aromatic N) is 2. The summed E-state index contributed by atoms with van der Waals surface area (Å²) < 4.78 is 0. The molecule has 2 rings (SSSR count). The van der Waals surface area contributed by atoms with E-state index >= 15 is 0 Å². The lowest BCUT2D eigenvalue weighted by atomic mass is 10.2. The van der Waals surface area contributed by atoms with Crippen LogP contribution in [-0.2, 0) is 0 Å². The van der Waals surface area contributed by atoms with Crippen molar-refractivity contribution in [3.05, 3.63) is 24.0 Å². The summed E-state index contributed by atoms with van der Waals surface area (Å²) >= 11 is 0. The zero-order valence-corrected chi connectivity index (χ0v) is 10.6. The number of nitrogens with one attached hydrogen (secondary N) is 1. The lowest BCUT2D eigenvalue weighted by Crippen LogP contribution is -2.36. The van der Waals surface area contributed by atoms with E-state index in [1.54, 1.807) is 17.2 Å². The van der Waals surface area contributed by atoms with Crippen LogP contribution in [0.2, 0.25) is 0 Å². The standard InChI is InChI=1S/C13H19N3O/c1-9(10-4-5-10)16(3)13(17)12-7-6-11(14-2)8-15-12/h6-10,14H,4-5H2,1-3H3. The van der Waals surface area contributed by atoms with E-state index in [2.05, 4.69) is 17.2 Å². The van der Waals surface area contributed by atoms with Crippen molar-refractivity contribution in [3.63, 3.8) is 0 Å². The Labute approximate surface area is 102 Å². The number of anilines is 1. The van der Waals surface area contributed by atoms with E-state index in [1.165, 1.54) is 12.8 Å². The maximum atomic E-state index is 12.2. The summed E-state index contributed by atoms with van der Waals surface area (Å²) in [6.45, 7) is 2.11. The van der Waals surface area contributed by atoms with Crippen LogP contribution in [0, 0.1) is 5.92 Å². The van der Waals surface area contributed by atoms with Gasteiger partial charge in [-0.3, -0.25) is 4.79 Å². The maximum Gasteiger partial charge on any atom is 0.272 e. The van der Waals surface area contributed by atoms with Gasteiger partial charge in [-0.25, -0.2) is 4.98 Å². The first-order valence-electron chi connectivity index (χ1n) is 6.04. The molecule has 1 unspecified atom stereocenters. The van der Waals surface area contributed by atoms with E-state index in [0.29, 0.717) is 17.7 Å². The van der Waals surface area contributed by atoms with Crippen molar-refractivity contribution in [2.75, 3.05) is 19.4 Å². The van der Waals surface area contributed by atoms with Crippen LogP contribution in [0.15, 0.2) is 18.3 Å². The third kappa shape index (κ3) is 2.57. The van der Waals surface area contributed by atoms with Gasteiger partial charge in [0.25, 0.3) is 5.91 Å². The van der Waals surface area contributed by atoms with Crippen molar-refractivity contribution in [3.8, 4) is 0 Å². The van der Waals surface area contributed by atoms with Crippen molar-refractivity contribution >= 4 is 11.6 Å². The van der Waals surface area contributed by atoms with Gasteiger partial charge in [-0.05, 0) is 37.8 Å². The van der Waals surface area contributed by atoms with Crippen LogP contribution in [0.5, 0.6) is 0 Å². The zero-order chi connectivity index (χ0) is 12.4. The predicted molar refractivity (Wildman–Crippen MR) is 68.1 cm³/mol. The summed E-state index contributed by atoms with van der Waals surface area (Å²) in [5, 5.41) is 2.99. The van der Waals surface area contributed by atoms with Crippen molar-refractivity contribution in [1.82, 2.24) is 9.88 Å². The molecule has 1 aromatic rings. The molecular weight excluding hydrogens is 214 g/mol. The molecule has 0 bridgehead atoms. The minimum Gasteiger partial charge on any atom is -0.387 e. The SMILES string of the molecule is CNc1ccc(C(=O)N(C)C(C)C2CC2)nc1. The number of pyridine rings is 1. The Morgan fingerprint density at radius 1 is 1.53 bits per heavy atom. The lowest BCUT2D eigenvalue weighted by Gasteiger charge is -2.24. The van der Waals surface area contributed by atoms with Gasteiger partial charge in [0.05, 0.1) is 11.9 Å². The first-order valence-corrected chi connectivity index (χ1v) is 6.04. The van der Waals surface area contributed by atoms with E-state index in [9.17, 15) is 4.79 Å². The van der Waals surface area contributed by atoms with Crippen molar-refractivity contribution in [2.24, 2.45) is 5.92 Å². The highest BCUT2D eigenvalue weighted by Crippen LogP contribution is 2.34. The molecule has 0 aliphatic heterocycles. The molecule has 92 valence electrons. The predicted octanol–water partition coefficient (Wildman–Crippen LogP) is 1.99. The Balaban J connectivity index is 2.06. The summed E-state index contributed by atoms with van der Waals surface area (Å²) in [5.74, 6) is 0.688. The largest absolute Gasteiger partial charge is 0.387 e. The van der Waals surface area contributed by atoms with Gasteiger partial charge in [-0.1, -0.05) is 0 Å². The Morgan fingerprint density at radius 2 is 2.24 bits per heavy atom. The molecule has 1 aliphatic carbocycles. The average molecular weight is 233 g/mol. The van der Waals surface area contributed by atoms with Crippen LogP contribution in [-0.4, -0.2) is 35.9 Å². The molecule has 0 aromatic carbocycles. The molecule has 4 heteroatoms. The Morgan fingerprint density at radius 3 is 2.71 bits per heavy atom. The topological polar surface area (TPSA) is 45.2 Å². The number of amides is 1. The van der Waals surface area contributed by atoms with Crippen LogP contribution in [0.4, 0.5) is 5.69 Å². The van der Waals surface area contributed by atoms with E-state index in [-0.39, 0.29) is 5.91 Å². The van der Waals surface area contributed by atoms with Crippen LogP contribution < -0.4 is 5.32 Å². The summed E-state index contributed by atoms with van der Waals surface area (Å²) in [6.07, 6.45) is 4.17. The lowest BCUT2D eigenvalue weighted by molar-refractivity contribution is 0.0721. The molecule has 1 saturated carbocycles. The third-order valence-electron chi connectivity index (χ3n) is 3.51. The summed E-state index contributed by atoms with van der Waals surface area (Å²) in [5.41, 5.74) is 1.43. The second-order valence-electron chi connectivity index (χ2n) is 4.68. The summed E-state index contributed by atoms with van der Waals surface area (Å²) in [6, 6.07) is 3.95. The van der Waals surface area contributed by atoms with Crippen molar-refractivity contribution in [2.45, 2.75) is 25.8 Å². The van der Waals surface area contributed by atoms with E-state index in [1.807, 2.05) is 20.2 Å². The van der Waals surface area contributed by atoms with E-state index < -0.39 is 0 Å². The van der Waals surface area contributed by atoms with Crippen LogP contribution in [0.25, 0.3) is 0 Å².